The van der Waals surface area contributed by atoms with Crippen molar-refractivity contribution < 1.29 is 4.79 Å². The Bertz CT molecular complexity index is 696. The van der Waals surface area contributed by atoms with E-state index in [2.05, 4.69) is 15.3 Å². The Morgan fingerprint density at radius 3 is 2.55 bits per heavy atom. The summed E-state index contributed by atoms with van der Waals surface area (Å²) in [5, 5.41) is 14.4. The minimum atomic E-state index is 0.579. The van der Waals surface area contributed by atoms with Crippen LogP contribution in [0.2, 0.25) is 5.02 Å². The molecule has 0 N–H and O–H groups in total. The van der Waals surface area contributed by atoms with Gasteiger partial charge in [0.05, 0.1) is 23.8 Å². The first-order chi connectivity index (χ1) is 10.6. The van der Waals surface area contributed by atoms with Gasteiger partial charge in [0.1, 0.15) is 6.29 Å². The molecule has 0 saturated heterocycles. The van der Waals surface area contributed by atoms with Gasteiger partial charge in [0.15, 0.2) is 0 Å². The largest absolute Gasteiger partial charge is 0.298 e. The van der Waals surface area contributed by atoms with Crippen LogP contribution in [0.4, 0.5) is 5.69 Å². The number of hydrogen-bond acceptors (Lipinski definition) is 5. The van der Waals surface area contributed by atoms with Gasteiger partial charge in [-0.15, -0.1) is 0 Å². The van der Waals surface area contributed by atoms with Gasteiger partial charge in [-0.1, -0.05) is 23.7 Å². The van der Waals surface area contributed by atoms with Crippen LogP contribution in [-0.2, 0) is 4.79 Å². The minimum absolute atomic E-state index is 0.579. The van der Waals surface area contributed by atoms with Crippen molar-refractivity contribution in [2.45, 2.75) is 6.92 Å². The van der Waals surface area contributed by atoms with Crippen molar-refractivity contribution in [2.24, 2.45) is 5.10 Å². The van der Waals surface area contributed by atoms with Gasteiger partial charge in [-0.05, 0) is 36.8 Å². The van der Waals surface area contributed by atoms with Crippen LogP contribution in [0.5, 0.6) is 0 Å². The van der Waals surface area contributed by atoms with Crippen LogP contribution >= 0.6 is 11.6 Å². The first kappa shape index (κ1) is 15.9. The zero-order valence-corrected chi connectivity index (χ0v) is 13.0. The fourth-order valence-electron chi connectivity index (χ4n) is 1.73. The Balaban J connectivity index is 2.42. The maximum Gasteiger partial charge on any atom is 0.145 e. The SMILES string of the molecule is C/C(C=O)=C/C(=N\N(C)c1ccnnc1)c1ccc(Cl)cc1. The van der Waals surface area contributed by atoms with Gasteiger partial charge in [0.2, 0.25) is 0 Å². The van der Waals surface area contributed by atoms with Crippen molar-refractivity contribution in [3.8, 4) is 0 Å². The van der Waals surface area contributed by atoms with Crippen LogP contribution in [-0.4, -0.2) is 29.2 Å². The average molecular weight is 315 g/mol. The zero-order chi connectivity index (χ0) is 15.9. The number of carbonyl (C=O) groups excluding carboxylic acids is 1. The van der Waals surface area contributed by atoms with Gasteiger partial charge in [-0.2, -0.15) is 15.3 Å². The van der Waals surface area contributed by atoms with E-state index in [4.69, 9.17) is 11.6 Å². The Morgan fingerprint density at radius 2 is 1.95 bits per heavy atom. The van der Waals surface area contributed by atoms with Gasteiger partial charge in [0.25, 0.3) is 0 Å². The highest BCUT2D eigenvalue weighted by Gasteiger charge is 2.05. The van der Waals surface area contributed by atoms with E-state index in [9.17, 15) is 4.79 Å². The molecule has 0 saturated carbocycles. The second kappa shape index (κ2) is 7.47. The van der Waals surface area contributed by atoms with Gasteiger partial charge in [-0.3, -0.25) is 9.80 Å². The normalized spacial score (nSPS) is 12.1. The van der Waals surface area contributed by atoms with Gasteiger partial charge in [-0.25, -0.2) is 0 Å². The second-order valence-corrected chi connectivity index (χ2v) is 5.06. The molecule has 1 aromatic heterocycles. The predicted octanol–water partition coefficient (Wildman–Crippen LogP) is 3.12. The van der Waals surface area contributed by atoms with Crippen LogP contribution in [0, 0.1) is 0 Å². The summed E-state index contributed by atoms with van der Waals surface area (Å²) in [6, 6.07) is 9.07. The summed E-state index contributed by atoms with van der Waals surface area (Å²) in [6.45, 7) is 1.73. The van der Waals surface area contributed by atoms with Crippen LogP contribution in [0.1, 0.15) is 12.5 Å². The van der Waals surface area contributed by atoms with E-state index in [1.165, 1.54) is 0 Å². The molecular formula is C16H15ClN4O. The number of aldehydes is 1. The number of rotatable bonds is 5. The number of benzene rings is 1. The van der Waals surface area contributed by atoms with Crippen molar-refractivity contribution in [3.05, 3.63) is 65.0 Å². The van der Waals surface area contributed by atoms with Crippen LogP contribution in [0.3, 0.4) is 0 Å². The summed E-state index contributed by atoms with van der Waals surface area (Å²) in [5.74, 6) is 0. The zero-order valence-electron chi connectivity index (χ0n) is 12.3. The number of hydrogen-bond donors (Lipinski definition) is 0. The molecule has 0 atom stereocenters. The minimum Gasteiger partial charge on any atom is -0.298 e. The lowest BCUT2D eigenvalue weighted by molar-refractivity contribution is -0.104. The number of aromatic nitrogens is 2. The first-order valence-corrected chi connectivity index (χ1v) is 6.96. The molecule has 0 aliphatic carbocycles. The molecule has 1 aromatic carbocycles. The van der Waals surface area contributed by atoms with E-state index in [0.717, 1.165) is 17.5 Å². The average Bonchev–Trinajstić information content (AvgIpc) is 2.55. The topological polar surface area (TPSA) is 58.5 Å². The molecule has 0 aliphatic heterocycles. The Labute approximate surface area is 133 Å². The van der Waals surface area contributed by atoms with Gasteiger partial charge >= 0.3 is 0 Å². The maximum atomic E-state index is 10.9. The quantitative estimate of drug-likeness (QED) is 0.368. The number of carbonyl (C=O) groups is 1. The maximum absolute atomic E-state index is 10.9. The molecule has 22 heavy (non-hydrogen) atoms. The highest BCUT2D eigenvalue weighted by Crippen LogP contribution is 2.14. The summed E-state index contributed by atoms with van der Waals surface area (Å²) in [4.78, 5) is 10.9. The molecule has 0 amide bonds. The number of hydrazone groups is 1. The summed E-state index contributed by atoms with van der Waals surface area (Å²) in [7, 11) is 1.80. The summed E-state index contributed by atoms with van der Waals surface area (Å²) in [6.07, 6.45) is 5.72. The van der Waals surface area contributed by atoms with Crippen molar-refractivity contribution in [2.75, 3.05) is 12.1 Å². The van der Waals surface area contributed by atoms with E-state index < -0.39 is 0 Å². The lowest BCUT2D eigenvalue weighted by atomic mass is 10.1. The first-order valence-electron chi connectivity index (χ1n) is 6.58. The summed E-state index contributed by atoms with van der Waals surface area (Å²) < 4.78 is 0. The fourth-order valence-corrected chi connectivity index (χ4v) is 1.86. The van der Waals surface area contributed by atoms with E-state index in [1.54, 1.807) is 55.6 Å². The third-order valence-corrected chi connectivity index (χ3v) is 3.14. The van der Waals surface area contributed by atoms with Gasteiger partial charge < -0.3 is 0 Å². The van der Waals surface area contributed by atoms with Crippen LogP contribution in [0.15, 0.2) is 59.5 Å². The van der Waals surface area contributed by atoms with Crippen molar-refractivity contribution in [1.82, 2.24) is 10.2 Å². The van der Waals surface area contributed by atoms with Crippen molar-refractivity contribution >= 4 is 29.3 Å². The highest BCUT2D eigenvalue weighted by atomic mass is 35.5. The number of allylic oxidation sites excluding steroid dienone is 2. The third-order valence-electron chi connectivity index (χ3n) is 2.89. The van der Waals surface area contributed by atoms with Crippen LogP contribution < -0.4 is 5.01 Å². The van der Waals surface area contributed by atoms with E-state index in [-0.39, 0.29) is 0 Å². The van der Waals surface area contributed by atoms with E-state index in [0.29, 0.717) is 16.3 Å². The molecule has 6 heteroatoms. The molecule has 0 unspecified atom stereocenters. The molecule has 5 nitrogen and oxygen atoms in total. The Hall–Kier alpha value is -2.53. The fraction of sp³-hybridized carbons (Fsp3) is 0.125. The molecule has 2 aromatic rings. The lowest BCUT2D eigenvalue weighted by Crippen LogP contribution is -2.13. The van der Waals surface area contributed by atoms with Crippen LogP contribution in [0.25, 0.3) is 0 Å². The smallest absolute Gasteiger partial charge is 0.145 e. The number of anilines is 1. The molecular weight excluding hydrogens is 300 g/mol. The molecule has 0 bridgehead atoms. The van der Waals surface area contributed by atoms with Crippen molar-refractivity contribution in [3.63, 3.8) is 0 Å². The predicted molar refractivity (Wildman–Crippen MR) is 88.2 cm³/mol. The third kappa shape index (κ3) is 4.23. The second-order valence-electron chi connectivity index (χ2n) is 4.62. The van der Waals surface area contributed by atoms with Crippen molar-refractivity contribution in [1.29, 1.82) is 0 Å². The Morgan fingerprint density at radius 1 is 1.23 bits per heavy atom. The molecule has 0 radical (unpaired) electrons. The number of halogens is 1. The molecule has 0 aliphatic rings. The Kier molecular flexibility index (Phi) is 5.38. The number of nitrogens with zero attached hydrogens (tertiary/aromatic N) is 4. The molecule has 0 fully saturated rings. The molecule has 1 heterocycles. The summed E-state index contributed by atoms with van der Waals surface area (Å²) in [5.41, 5.74) is 2.88. The molecule has 2 rings (SSSR count). The van der Waals surface area contributed by atoms with Gasteiger partial charge in [0, 0.05) is 17.6 Å². The molecule has 112 valence electrons. The molecule has 0 spiro atoms. The highest BCUT2D eigenvalue weighted by molar-refractivity contribution is 6.30. The van der Waals surface area contributed by atoms with E-state index in [1.807, 2.05) is 12.1 Å². The monoisotopic (exact) mass is 314 g/mol. The lowest BCUT2D eigenvalue weighted by Gasteiger charge is -2.14. The summed E-state index contributed by atoms with van der Waals surface area (Å²) >= 11 is 5.91. The standard InChI is InChI=1S/C16H15ClN4O/c1-12(11-22)9-16(13-3-5-14(17)6-4-13)20-21(2)15-7-8-18-19-10-15/h3-11H,1-2H3/b12-9-,20-16+. The van der Waals surface area contributed by atoms with E-state index >= 15 is 0 Å².